The second-order valence-electron chi connectivity index (χ2n) is 2.78. The van der Waals surface area contributed by atoms with Gasteiger partial charge in [0.05, 0.1) is 5.52 Å². The molecule has 0 bridgehead atoms. The molecule has 0 aliphatic rings. The van der Waals surface area contributed by atoms with Crippen molar-refractivity contribution >= 4 is 17.0 Å². The highest BCUT2D eigenvalue weighted by atomic mass is 16.3. The van der Waals surface area contributed by atoms with Crippen LogP contribution in [0.2, 0.25) is 0 Å². The molecule has 0 saturated carbocycles. The zero-order valence-electron chi connectivity index (χ0n) is 7.07. The Balaban J connectivity index is 2.92. The van der Waals surface area contributed by atoms with E-state index in [1.165, 1.54) is 0 Å². The van der Waals surface area contributed by atoms with Gasteiger partial charge in [-0.2, -0.15) is 0 Å². The summed E-state index contributed by atoms with van der Waals surface area (Å²) >= 11 is 0. The summed E-state index contributed by atoms with van der Waals surface area (Å²) in [5.74, 6) is 0.258. The van der Waals surface area contributed by atoms with Crippen LogP contribution in [-0.4, -0.2) is 10.1 Å². The van der Waals surface area contributed by atoms with Crippen molar-refractivity contribution in [2.24, 2.45) is 0 Å². The molecule has 2 aromatic rings. The lowest BCUT2D eigenvalue weighted by molar-refractivity contribution is 0.481. The summed E-state index contributed by atoms with van der Waals surface area (Å²) < 4.78 is 0. The number of pyridine rings is 1. The van der Waals surface area contributed by atoms with Gasteiger partial charge in [-0.15, -0.1) is 0 Å². The number of nitrogens with zero attached hydrogens (tertiary/aromatic N) is 1. The number of hydrogen-bond acceptors (Lipinski definition) is 2. The Morgan fingerprint density at radius 2 is 2.15 bits per heavy atom. The summed E-state index contributed by atoms with van der Waals surface area (Å²) in [6.45, 7) is 3.69. The normalized spacial score (nSPS) is 10.2. The second-order valence-corrected chi connectivity index (χ2v) is 2.78. The average molecular weight is 171 g/mol. The van der Waals surface area contributed by atoms with Crippen molar-refractivity contribution in [3.05, 3.63) is 42.6 Å². The van der Waals surface area contributed by atoms with Crippen LogP contribution in [-0.2, 0) is 0 Å². The van der Waals surface area contributed by atoms with Crippen molar-refractivity contribution in [1.82, 2.24) is 4.98 Å². The van der Waals surface area contributed by atoms with E-state index in [2.05, 4.69) is 11.6 Å². The first kappa shape index (κ1) is 7.80. The molecule has 1 aromatic heterocycles. The van der Waals surface area contributed by atoms with Crippen molar-refractivity contribution < 1.29 is 5.11 Å². The first-order valence-corrected chi connectivity index (χ1v) is 4.02. The second kappa shape index (κ2) is 2.90. The van der Waals surface area contributed by atoms with E-state index < -0.39 is 0 Å². The summed E-state index contributed by atoms with van der Waals surface area (Å²) in [6, 6.07) is 7.10. The van der Waals surface area contributed by atoms with E-state index in [9.17, 15) is 5.11 Å². The Hall–Kier alpha value is -1.83. The van der Waals surface area contributed by atoms with E-state index in [0.29, 0.717) is 0 Å². The third-order valence-corrected chi connectivity index (χ3v) is 2.00. The van der Waals surface area contributed by atoms with Crippen LogP contribution in [0.3, 0.4) is 0 Å². The van der Waals surface area contributed by atoms with Crippen LogP contribution in [0.5, 0.6) is 5.75 Å². The molecule has 0 aliphatic heterocycles. The minimum absolute atomic E-state index is 0.258. The maximum atomic E-state index is 9.52. The highest BCUT2D eigenvalue weighted by molar-refractivity contribution is 5.91. The van der Waals surface area contributed by atoms with Gasteiger partial charge in [0, 0.05) is 17.1 Å². The van der Waals surface area contributed by atoms with Crippen molar-refractivity contribution in [3.63, 3.8) is 0 Å². The number of rotatable bonds is 1. The van der Waals surface area contributed by atoms with Crippen LogP contribution in [0.4, 0.5) is 0 Å². The molecule has 0 unspecified atom stereocenters. The molecule has 0 spiro atoms. The number of aromatic hydroxyl groups is 1. The van der Waals surface area contributed by atoms with Crippen molar-refractivity contribution in [3.8, 4) is 5.75 Å². The highest BCUT2D eigenvalue weighted by Gasteiger charge is 2.02. The fourth-order valence-corrected chi connectivity index (χ4v) is 1.34. The lowest BCUT2D eigenvalue weighted by atomic mass is 10.1. The Labute approximate surface area is 76.2 Å². The monoisotopic (exact) mass is 171 g/mol. The third-order valence-electron chi connectivity index (χ3n) is 2.00. The van der Waals surface area contributed by atoms with E-state index in [0.717, 1.165) is 16.5 Å². The van der Waals surface area contributed by atoms with Gasteiger partial charge in [-0.1, -0.05) is 12.7 Å². The van der Waals surface area contributed by atoms with E-state index in [4.69, 9.17) is 0 Å². The molecule has 0 aliphatic carbocycles. The van der Waals surface area contributed by atoms with Crippen molar-refractivity contribution in [1.29, 1.82) is 0 Å². The number of aromatic nitrogens is 1. The van der Waals surface area contributed by atoms with E-state index in [1.807, 2.05) is 6.07 Å². The first-order chi connectivity index (χ1) is 6.33. The topological polar surface area (TPSA) is 33.1 Å². The minimum atomic E-state index is 0.258. The molecule has 1 aromatic carbocycles. The predicted octanol–water partition coefficient (Wildman–Crippen LogP) is 2.58. The van der Waals surface area contributed by atoms with E-state index in [-0.39, 0.29) is 5.75 Å². The molecule has 1 N–H and O–H groups in total. The zero-order chi connectivity index (χ0) is 9.26. The molecule has 2 nitrogen and oxygen atoms in total. The van der Waals surface area contributed by atoms with E-state index in [1.54, 1.807) is 30.5 Å². The Bertz CT molecular complexity index is 463. The molecule has 0 fully saturated rings. The first-order valence-electron chi connectivity index (χ1n) is 4.02. The molecule has 0 radical (unpaired) electrons. The summed E-state index contributed by atoms with van der Waals surface area (Å²) in [5.41, 5.74) is 1.73. The highest BCUT2D eigenvalue weighted by Crippen LogP contribution is 2.25. The van der Waals surface area contributed by atoms with Gasteiger partial charge in [0.1, 0.15) is 5.75 Å². The fourth-order valence-electron chi connectivity index (χ4n) is 1.34. The molecule has 1 heterocycles. The van der Waals surface area contributed by atoms with E-state index >= 15 is 0 Å². The average Bonchev–Trinajstić information content (AvgIpc) is 2.19. The van der Waals surface area contributed by atoms with Gasteiger partial charge in [-0.05, 0) is 24.3 Å². The fraction of sp³-hybridized carbons (Fsp3) is 0. The van der Waals surface area contributed by atoms with Crippen LogP contribution in [0.25, 0.3) is 17.0 Å². The molecule has 2 heteroatoms. The number of hydrogen-bond donors (Lipinski definition) is 1. The molecule has 0 saturated heterocycles. The Kier molecular flexibility index (Phi) is 1.74. The summed E-state index contributed by atoms with van der Waals surface area (Å²) in [7, 11) is 0. The molecule has 13 heavy (non-hydrogen) atoms. The molecule has 0 atom stereocenters. The van der Waals surface area contributed by atoms with Crippen LogP contribution in [0.15, 0.2) is 37.0 Å². The SMILES string of the molecule is C=Cc1ccc(O)c2cccnc12. The smallest absolute Gasteiger partial charge is 0.125 e. The van der Waals surface area contributed by atoms with Gasteiger partial charge in [0.15, 0.2) is 0 Å². The van der Waals surface area contributed by atoms with Gasteiger partial charge in [0.2, 0.25) is 0 Å². The standard InChI is InChI=1S/C11H9NO/c1-2-8-5-6-10(13)9-4-3-7-12-11(8)9/h2-7,13H,1H2. The van der Waals surface area contributed by atoms with Crippen LogP contribution in [0.1, 0.15) is 5.56 Å². The van der Waals surface area contributed by atoms with Crippen molar-refractivity contribution in [2.45, 2.75) is 0 Å². The summed E-state index contributed by atoms with van der Waals surface area (Å²) in [5, 5.41) is 10.3. The zero-order valence-corrected chi connectivity index (χ0v) is 7.07. The quantitative estimate of drug-likeness (QED) is 0.715. The number of benzene rings is 1. The van der Waals surface area contributed by atoms with Gasteiger partial charge in [0.25, 0.3) is 0 Å². The maximum Gasteiger partial charge on any atom is 0.125 e. The molecule has 0 amide bonds. The van der Waals surface area contributed by atoms with Crippen molar-refractivity contribution in [2.75, 3.05) is 0 Å². The minimum Gasteiger partial charge on any atom is -0.507 e. The maximum absolute atomic E-state index is 9.52. The van der Waals surface area contributed by atoms with Gasteiger partial charge in [-0.3, -0.25) is 4.98 Å². The Morgan fingerprint density at radius 1 is 1.31 bits per heavy atom. The lowest BCUT2D eigenvalue weighted by Gasteiger charge is -2.02. The third kappa shape index (κ3) is 1.16. The van der Waals surface area contributed by atoms with Crippen LogP contribution >= 0.6 is 0 Å². The summed E-state index contributed by atoms with van der Waals surface area (Å²) in [4.78, 5) is 4.18. The molecular formula is C11H9NO. The van der Waals surface area contributed by atoms with Gasteiger partial charge in [-0.25, -0.2) is 0 Å². The summed E-state index contributed by atoms with van der Waals surface area (Å²) in [6.07, 6.45) is 3.43. The number of fused-ring (bicyclic) bond motifs is 1. The number of phenolic OH excluding ortho intramolecular Hbond substituents is 1. The molecular weight excluding hydrogens is 162 g/mol. The number of phenols is 1. The molecule has 2 rings (SSSR count). The molecule has 64 valence electrons. The van der Waals surface area contributed by atoms with Gasteiger partial charge >= 0.3 is 0 Å². The predicted molar refractivity (Wildman–Crippen MR) is 53.5 cm³/mol. The Morgan fingerprint density at radius 3 is 2.92 bits per heavy atom. The van der Waals surface area contributed by atoms with Crippen LogP contribution in [0, 0.1) is 0 Å². The lowest BCUT2D eigenvalue weighted by Crippen LogP contribution is -1.82. The van der Waals surface area contributed by atoms with Gasteiger partial charge < -0.3 is 5.11 Å². The van der Waals surface area contributed by atoms with Crippen LogP contribution < -0.4 is 0 Å². The largest absolute Gasteiger partial charge is 0.507 e.